The molecule has 0 aliphatic carbocycles. The van der Waals surface area contributed by atoms with Gasteiger partial charge in [0.25, 0.3) is 0 Å². The lowest BCUT2D eigenvalue weighted by Gasteiger charge is -2.05. The van der Waals surface area contributed by atoms with Gasteiger partial charge in [-0.1, -0.05) is 6.92 Å². The van der Waals surface area contributed by atoms with Gasteiger partial charge in [0.2, 0.25) is 0 Å². The van der Waals surface area contributed by atoms with Crippen molar-refractivity contribution < 1.29 is 22.6 Å². The maximum atomic E-state index is 11.8. The predicted octanol–water partition coefficient (Wildman–Crippen LogP) is 2.01. The Morgan fingerprint density at radius 3 is 2.13 bits per heavy atom. The summed E-state index contributed by atoms with van der Waals surface area (Å²) in [5.74, 6) is 0.262. The van der Waals surface area contributed by atoms with Crippen molar-refractivity contribution in [2.75, 3.05) is 20.8 Å². The molecular weight excluding hydrogens is 213 g/mol. The maximum Gasteiger partial charge on any atom is 0.408 e. The second kappa shape index (κ2) is 6.26. The van der Waals surface area contributed by atoms with Gasteiger partial charge in [-0.25, -0.2) is 4.99 Å². The fourth-order valence-corrected chi connectivity index (χ4v) is 0.679. The summed E-state index contributed by atoms with van der Waals surface area (Å²) in [5.41, 5.74) is 0. The van der Waals surface area contributed by atoms with Gasteiger partial charge >= 0.3 is 12.2 Å². The highest BCUT2D eigenvalue weighted by atomic mass is 19.4. The monoisotopic (exact) mass is 226 g/mol. The zero-order valence-corrected chi connectivity index (χ0v) is 8.76. The molecule has 0 saturated carbocycles. The van der Waals surface area contributed by atoms with Crippen molar-refractivity contribution in [1.82, 2.24) is 0 Å². The zero-order chi connectivity index (χ0) is 11.9. The van der Waals surface area contributed by atoms with Gasteiger partial charge in [0.15, 0.2) is 5.90 Å². The molecular formula is C8H13F3N2O2. The van der Waals surface area contributed by atoms with Crippen molar-refractivity contribution in [3.05, 3.63) is 0 Å². The summed E-state index contributed by atoms with van der Waals surface area (Å²) in [4.78, 5) is 6.81. The minimum Gasteiger partial charge on any atom is -0.484 e. The highest BCUT2D eigenvalue weighted by Crippen LogP contribution is 2.14. The Morgan fingerprint density at radius 2 is 1.80 bits per heavy atom. The third kappa shape index (κ3) is 6.75. The number of methoxy groups -OCH3 is 2. The minimum atomic E-state index is -4.36. The largest absolute Gasteiger partial charge is 0.484 e. The molecule has 0 bridgehead atoms. The summed E-state index contributed by atoms with van der Waals surface area (Å²) >= 11 is 0. The van der Waals surface area contributed by atoms with Gasteiger partial charge in [-0.3, -0.25) is 0 Å². The standard InChI is InChI=1S/C8H13F3N2O2/c1-4-6(14-2)13-7(15-3)12-5-8(9,10)11/h4-5H2,1-3H3. The molecule has 0 aliphatic rings. The molecule has 0 spiro atoms. The molecule has 0 aromatic carbocycles. The fourth-order valence-electron chi connectivity index (χ4n) is 0.679. The number of aliphatic imine (C=N–C) groups is 2. The molecule has 0 rings (SSSR count). The van der Waals surface area contributed by atoms with Crippen LogP contribution in [0.2, 0.25) is 0 Å². The van der Waals surface area contributed by atoms with E-state index in [-0.39, 0.29) is 11.9 Å². The summed E-state index contributed by atoms with van der Waals surface area (Å²) in [6, 6.07) is -0.342. The molecule has 0 saturated heterocycles. The van der Waals surface area contributed by atoms with Gasteiger partial charge in [0.05, 0.1) is 14.2 Å². The molecule has 7 heteroatoms. The van der Waals surface area contributed by atoms with Crippen molar-refractivity contribution in [2.24, 2.45) is 9.98 Å². The molecule has 0 amide bonds. The minimum absolute atomic E-state index is 0.262. The van der Waals surface area contributed by atoms with Crippen LogP contribution in [0.4, 0.5) is 13.2 Å². The van der Waals surface area contributed by atoms with Gasteiger partial charge in [-0.2, -0.15) is 18.2 Å². The lowest BCUT2D eigenvalue weighted by molar-refractivity contribution is -0.118. The second-order valence-corrected chi connectivity index (χ2v) is 2.48. The van der Waals surface area contributed by atoms with Crippen LogP contribution in [0.1, 0.15) is 13.3 Å². The first-order chi connectivity index (χ1) is 6.92. The first-order valence-corrected chi connectivity index (χ1v) is 4.19. The number of ether oxygens (including phenoxy) is 2. The van der Waals surface area contributed by atoms with E-state index < -0.39 is 12.7 Å². The van der Waals surface area contributed by atoms with Gasteiger partial charge in [0, 0.05) is 6.42 Å². The van der Waals surface area contributed by atoms with Gasteiger partial charge in [-0.15, -0.1) is 0 Å². The molecule has 0 atom stereocenters. The molecule has 15 heavy (non-hydrogen) atoms. The Balaban J connectivity index is 4.55. The van der Waals surface area contributed by atoms with Crippen molar-refractivity contribution in [1.29, 1.82) is 0 Å². The van der Waals surface area contributed by atoms with Crippen LogP contribution in [0.15, 0.2) is 9.98 Å². The molecule has 0 unspecified atom stereocenters. The van der Waals surface area contributed by atoms with E-state index in [2.05, 4.69) is 14.7 Å². The summed E-state index contributed by atoms with van der Waals surface area (Å²) < 4.78 is 44.8. The van der Waals surface area contributed by atoms with Crippen molar-refractivity contribution >= 4 is 11.9 Å². The molecule has 4 nitrogen and oxygen atoms in total. The van der Waals surface area contributed by atoms with Crippen LogP contribution in [0, 0.1) is 0 Å². The Morgan fingerprint density at radius 1 is 1.20 bits per heavy atom. The second-order valence-electron chi connectivity index (χ2n) is 2.48. The summed E-state index contributed by atoms with van der Waals surface area (Å²) in [5, 5.41) is 0. The average Bonchev–Trinajstić information content (AvgIpc) is 2.17. The molecule has 0 aliphatic heterocycles. The molecule has 0 N–H and O–H groups in total. The number of halogens is 3. The van der Waals surface area contributed by atoms with E-state index in [1.54, 1.807) is 6.92 Å². The Kier molecular flexibility index (Phi) is 5.73. The van der Waals surface area contributed by atoms with Crippen molar-refractivity contribution in [3.8, 4) is 0 Å². The first-order valence-electron chi connectivity index (χ1n) is 4.19. The summed E-state index contributed by atoms with van der Waals surface area (Å²) in [6.45, 7) is 0.430. The number of hydrogen-bond donors (Lipinski definition) is 0. The van der Waals surface area contributed by atoms with E-state index >= 15 is 0 Å². The van der Waals surface area contributed by atoms with Crippen LogP contribution in [-0.4, -0.2) is 38.9 Å². The Bertz CT molecular complexity index is 243. The lowest BCUT2D eigenvalue weighted by atomic mass is 10.5. The summed E-state index contributed by atoms with van der Waals surface area (Å²) in [6.07, 6.45) is -3.91. The normalized spacial score (nSPS) is 14.0. The molecule has 0 heterocycles. The quantitative estimate of drug-likeness (QED) is 0.534. The van der Waals surface area contributed by atoms with Gasteiger partial charge < -0.3 is 9.47 Å². The third-order valence-electron chi connectivity index (χ3n) is 1.33. The van der Waals surface area contributed by atoms with E-state index in [0.29, 0.717) is 6.42 Å². The molecule has 0 aromatic heterocycles. The van der Waals surface area contributed by atoms with Crippen LogP contribution in [0.25, 0.3) is 0 Å². The van der Waals surface area contributed by atoms with E-state index in [1.165, 1.54) is 14.2 Å². The predicted molar refractivity (Wildman–Crippen MR) is 50.1 cm³/mol. The van der Waals surface area contributed by atoms with Crippen molar-refractivity contribution in [3.63, 3.8) is 0 Å². The molecule has 0 fully saturated rings. The summed E-state index contributed by atoms with van der Waals surface area (Å²) in [7, 11) is 2.57. The van der Waals surface area contributed by atoms with E-state index in [4.69, 9.17) is 4.74 Å². The zero-order valence-electron chi connectivity index (χ0n) is 8.76. The SMILES string of the molecule is CCC(=NC(=NCC(F)(F)F)OC)OC. The highest BCUT2D eigenvalue weighted by Gasteiger charge is 2.27. The number of alkyl halides is 3. The van der Waals surface area contributed by atoms with E-state index in [0.717, 1.165) is 0 Å². The highest BCUT2D eigenvalue weighted by molar-refractivity contribution is 5.90. The molecule has 88 valence electrons. The third-order valence-corrected chi connectivity index (χ3v) is 1.33. The topological polar surface area (TPSA) is 43.2 Å². The number of amidine groups is 1. The van der Waals surface area contributed by atoms with Crippen LogP contribution >= 0.6 is 0 Å². The van der Waals surface area contributed by atoms with E-state index in [1.807, 2.05) is 0 Å². The van der Waals surface area contributed by atoms with Crippen LogP contribution in [-0.2, 0) is 9.47 Å². The van der Waals surface area contributed by atoms with Crippen LogP contribution < -0.4 is 0 Å². The van der Waals surface area contributed by atoms with E-state index in [9.17, 15) is 13.2 Å². The Hall–Kier alpha value is -1.27. The van der Waals surface area contributed by atoms with Crippen LogP contribution in [0.5, 0.6) is 0 Å². The number of nitrogens with zero attached hydrogens (tertiary/aromatic N) is 2. The number of rotatable bonds is 2. The van der Waals surface area contributed by atoms with Crippen LogP contribution in [0.3, 0.4) is 0 Å². The first kappa shape index (κ1) is 13.7. The van der Waals surface area contributed by atoms with Crippen molar-refractivity contribution in [2.45, 2.75) is 19.5 Å². The Labute approximate surface area is 85.8 Å². The van der Waals surface area contributed by atoms with Gasteiger partial charge in [0.1, 0.15) is 6.54 Å². The molecule has 0 radical (unpaired) electrons. The fraction of sp³-hybridized carbons (Fsp3) is 0.750. The lowest BCUT2D eigenvalue weighted by Crippen LogP contribution is -2.15. The number of hydrogen-bond acceptors (Lipinski definition) is 3. The average molecular weight is 226 g/mol. The van der Waals surface area contributed by atoms with Gasteiger partial charge in [-0.05, 0) is 0 Å². The maximum absolute atomic E-state index is 11.8. The molecule has 0 aromatic rings. The smallest absolute Gasteiger partial charge is 0.408 e.